The highest BCUT2D eigenvalue weighted by Crippen LogP contribution is 2.26. The summed E-state index contributed by atoms with van der Waals surface area (Å²) in [5, 5.41) is 2.77. The quantitative estimate of drug-likeness (QED) is 0.700. The van der Waals surface area contributed by atoms with Crippen LogP contribution in [0.3, 0.4) is 0 Å². The largest absolute Gasteiger partial charge is 0.354 e. The fraction of sp³-hybridized carbons (Fsp3) is 0.800. The summed E-state index contributed by atoms with van der Waals surface area (Å²) >= 11 is 0. The lowest BCUT2D eigenvalue weighted by atomic mass is 10.4. The molecule has 0 radical (unpaired) electrons. The van der Waals surface area contributed by atoms with Gasteiger partial charge < -0.3 is 10.2 Å². The number of amides is 2. The Labute approximate surface area is 84.7 Å². The molecule has 1 aliphatic rings. The molecule has 1 saturated carbocycles. The molecule has 14 heavy (non-hydrogen) atoms. The van der Waals surface area contributed by atoms with Gasteiger partial charge in [-0.3, -0.25) is 9.59 Å². The predicted octanol–water partition coefficient (Wildman–Crippen LogP) is 0.523. The van der Waals surface area contributed by atoms with Gasteiger partial charge in [-0.15, -0.1) is 0 Å². The Morgan fingerprint density at radius 2 is 2.07 bits per heavy atom. The molecule has 1 aliphatic carbocycles. The van der Waals surface area contributed by atoms with Crippen LogP contribution < -0.4 is 5.32 Å². The monoisotopic (exact) mass is 198 g/mol. The second kappa shape index (κ2) is 4.98. The van der Waals surface area contributed by atoms with Gasteiger partial charge in [0.1, 0.15) is 0 Å². The number of carbonyl (C=O) groups is 2. The van der Waals surface area contributed by atoms with Crippen molar-refractivity contribution in [3.05, 3.63) is 0 Å². The number of carbonyl (C=O) groups excluding carboxylic acids is 2. The van der Waals surface area contributed by atoms with Gasteiger partial charge in [0, 0.05) is 32.5 Å². The minimum absolute atomic E-state index is 0.0456. The van der Waals surface area contributed by atoms with Crippen LogP contribution in [0.2, 0.25) is 0 Å². The minimum atomic E-state index is 0.0456. The van der Waals surface area contributed by atoms with E-state index in [0.717, 1.165) is 12.8 Å². The molecular weight excluding hydrogens is 180 g/mol. The van der Waals surface area contributed by atoms with Crippen LogP contribution in [0.25, 0.3) is 0 Å². The van der Waals surface area contributed by atoms with Gasteiger partial charge in [-0.05, 0) is 12.8 Å². The molecule has 0 saturated heterocycles. The van der Waals surface area contributed by atoms with Gasteiger partial charge in [0.05, 0.1) is 0 Å². The Bertz CT molecular complexity index is 224. The van der Waals surface area contributed by atoms with Crippen molar-refractivity contribution in [1.82, 2.24) is 10.2 Å². The maximum Gasteiger partial charge on any atom is 0.219 e. The van der Waals surface area contributed by atoms with Crippen LogP contribution in [0.1, 0.15) is 33.1 Å². The molecule has 0 heterocycles. The first-order valence-corrected chi connectivity index (χ1v) is 5.19. The third kappa shape index (κ3) is 3.36. The van der Waals surface area contributed by atoms with Crippen LogP contribution in [0.15, 0.2) is 0 Å². The van der Waals surface area contributed by atoms with Crippen LogP contribution in [-0.4, -0.2) is 35.8 Å². The maximum atomic E-state index is 11.2. The van der Waals surface area contributed by atoms with Crippen LogP contribution in [0.4, 0.5) is 0 Å². The highest BCUT2D eigenvalue weighted by molar-refractivity contribution is 5.76. The van der Waals surface area contributed by atoms with Crippen molar-refractivity contribution in [2.24, 2.45) is 0 Å². The Morgan fingerprint density at radius 3 is 2.50 bits per heavy atom. The molecule has 0 aromatic heterocycles. The number of hydrogen-bond acceptors (Lipinski definition) is 2. The lowest BCUT2D eigenvalue weighted by Crippen LogP contribution is -2.38. The van der Waals surface area contributed by atoms with Crippen molar-refractivity contribution >= 4 is 11.8 Å². The van der Waals surface area contributed by atoms with E-state index >= 15 is 0 Å². The Hall–Kier alpha value is -1.06. The Kier molecular flexibility index (Phi) is 3.92. The summed E-state index contributed by atoms with van der Waals surface area (Å²) in [6, 6.07) is 0.436. The molecule has 0 aromatic rings. The van der Waals surface area contributed by atoms with Crippen LogP contribution >= 0.6 is 0 Å². The molecule has 80 valence electrons. The fourth-order valence-corrected chi connectivity index (χ4v) is 1.42. The topological polar surface area (TPSA) is 49.4 Å². The summed E-state index contributed by atoms with van der Waals surface area (Å²) in [5.74, 6) is 0.155. The van der Waals surface area contributed by atoms with Crippen molar-refractivity contribution in [3.63, 3.8) is 0 Å². The molecule has 1 rings (SSSR count). The first-order chi connectivity index (χ1) is 6.65. The minimum Gasteiger partial charge on any atom is -0.354 e. The summed E-state index contributed by atoms with van der Waals surface area (Å²) in [6.07, 6.45) is 2.73. The molecule has 0 spiro atoms. The molecule has 1 fully saturated rings. The molecule has 0 atom stereocenters. The average Bonchev–Trinajstić information content (AvgIpc) is 2.94. The zero-order valence-corrected chi connectivity index (χ0v) is 8.88. The molecule has 0 unspecified atom stereocenters. The first-order valence-electron chi connectivity index (χ1n) is 5.19. The zero-order chi connectivity index (χ0) is 10.6. The fourth-order valence-electron chi connectivity index (χ4n) is 1.42. The van der Waals surface area contributed by atoms with Gasteiger partial charge in [0.25, 0.3) is 0 Å². The van der Waals surface area contributed by atoms with Gasteiger partial charge >= 0.3 is 0 Å². The van der Waals surface area contributed by atoms with E-state index in [2.05, 4.69) is 5.32 Å². The van der Waals surface area contributed by atoms with Crippen LogP contribution in [0.5, 0.6) is 0 Å². The normalized spacial score (nSPS) is 15.0. The summed E-state index contributed by atoms with van der Waals surface area (Å²) in [5.41, 5.74) is 0. The zero-order valence-electron chi connectivity index (χ0n) is 8.88. The number of nitrogens with zero attached hydrogens (tertiary/aromatic N) is 1. The second-order valence-corrected chi connectivity index (χ2v) is 3.65. The molecule has 0 bridgehead atoms. The van der Waals surface area contributed by atoms with Crippen molar-refractivity contribution in [2.45, 2.75) is 39.2 Å². The third-order valence-corrected chi connectivity index (χ3v) is 2.39. The lowest BCUT2D eigenvalue weighted by Gasteiger charge is -2.20. The van der Waals surface area contributed by atoms with Crippen molar-refractivity contribution in [3.8, 4) is 0 Å². The highest BCUT2D eigenvalue weighted by Gasteiger charge is 2.30. The van der Waals surface area contributed by atoms with Crippen LogP contribution in [-0.2, 0) is 9.59 Å². The number of nitrogens with one attached hydrogen (secondary N) is 1. The van der Waals surface area contributed by atoms with E-state index in [1.54, 1.807) is 6.92 Å². The van der Waals surface area contributed by atoms with E-state index in [9.17, 15) is 9.59 Å². The summed E-state index contributed by atoms with van der Waals surface area (Å²) in [7, 11) is 0. The van der Waals surface area contributed by atoms with Gasteiger partial charge in [-0.1, -0.05) is 6.92 Å². The van der Waals surface area contributed by atoms with Crippen molar-refractivity contribution < 1.29 is 9.59 Å². The molecule has 4 heteroatoms. The van der Waals surface area contributed by atoms with Gasteiger partial charge in [0.15, 0.2) is 0 Å². The molecule has 4 nitrogen and oxygen atoms in total. The first kappa shape index (κ1) is 11.0. The van der Waals surface area contributed by atoms with Crippen LogP contribution in [0, 0.1) is 0 Å². The van der Waals surface area contributed by atoms with E-state index < -0.39 is 0 Å². The molecule has 0 aliphatic heterocycles. The standard InChI is InChI=1S/C10H18N2O2/c1-3-10(14)11-6-7-12(8(2)13)9-4-5-9/h9H,3-7H2,1-2H3,(H,11,14). The smallest absolute Gasteiger partial charge is 0.219 e. The maximum absolute atomic E-state index is 11.2. The third-order valence-electron chi connectivity index (χ3n) is 2.39. The SMILES string of the molecule is CCC(=O)NCCN(C(C)=O)C1CC1. The lowest BCUT2D eigenvalue weighted by molar-refractivity contribution is -0.130. The summed E-state index contributed by atoms with van der Waals surface area (Å²) in [4.78, 5) is 24.0. The van der Waals surface area contributed by atoms with Crippen molar-refractivity contribution in [2.75, 3.05) is 13.1 Å². The predicted molar refractivity (Wildman–Crippen MR) is 53.7 cm³/mol. The van der Waals surface area contributed by atoms with Gasteiger partial charge in [0.2, 0.25) is 11.8 Å². The molecule has 0 aromatic carbocycles. The summed E-state index contributed by atoms with van der Waals surface area (Å²) < 4.78 is 0. The van der Waals surface area contributed by atoms with E-state index in [-0.39, 0.29) is 11.8 Å². The number of rotatable bonds is 5. The highest BCUT2D eigenvalue weighted by atomic mass is 16.2. The Morgan fingerprint density at radius 1 is 1.43 bits per heavy atom. The van der Waals surface area contributed by atoms with Gasteiger partial charge in [-0.25, -0.2) is 0 Å². The summed E-state index contributed by atoms with van der Waals surface area (Å²) in [6.45, 7) is 4.62. The van der Waals surface area contributed by atoms with E-state index in [1.807, 2.05) is 11.8 Å². The molecular formula is C10H18N2O2. The van der Waals surface area contributed by atoms with E-state index in [4.69, 9.17) is 0 Å². The average molecular weight is 198 g/mol. The second-order valence-electron chi connectivity index (χ2n) is 3.65. The van der Waals surface area contributed by atoms with Crippen molar-refractivity contribution in [1.29, 1.82) is 0 Å². The van der Waals surface area contributed by atoms with E-state index in [1.165, 1.54) is 0 Å². The van der Waals surface area contributed by atoms with Gasteiger partial charge in [-0.2, -0.15) is 0 Å². The molecule has 2 amide bonds. The number of hydrogen-bond donors (Lipinski definition) is 1. The Balaban J connectivity index is 2.20. The molecule has 1 N–H and O–H groups in total. The van der Waals surface area contributed by atoms with E-state index in [0.29, 0.717) is 25.6 Å².